The third kappa shape index (κ3) is 1.94. The summed E-state index contributed by atoms with van der Waals surface area (Å²) in [5, 5.41) is 2.19. The number of ether oxygens (including phenoxy) is 1. The minimum Gasteiger partial charge on any atom is -0.380 e. The molecule has 1 N–H and O–H groups in total. The average molecular weight is 172 g/mol. The molecule has 1 saturated heterocycles. The Hall–Kier alpha value is -1.10. The van der Waals surface area contributed by atoms with E-state index >= 15 is 0 Å². The molecule has 1 unspecified atom stereocenters. The Kier molecular flexibility index (Phi) is 2.65. The fraction of sp³-hybridized carbons (Fsp3) is 0.714. The summed E-state index contributed by atoms with van der Waals surface area (Å²) in [7, 11) is 1.57. The van der Waals surface area contributed by atoms with Gasteiger partial charge in [0.05, 0.1) is 6.10 Å². The lowest BCUT2D eigenvalue weighted by Crippen LogP contribution is -2.34. The molecule has 0 aromatic heterocycles. The Bertz CT molecular complexity index is 205. The molecule has 0 spiro atoms. The predicted octanol–water partition coefficient (Wildman–Crippen LogP) is -0.427. The lowest BCUT2D eigenvalue weighted by Gasteiger charge is -2.17. The third-order valence-electron chi connectivity index (χ3n) is 1.75. The Balaban J connectivity index is 2.43. The van der Waals surface area contributed by atoms with Crippen LogP contribution < -0.4 is 5.32 Å². The van der Waals surface area contributed by atoms with Crippen LogP contribution in [0.3, 0.4) is 0 Å². The summed E-state index contributed by atoms with van der Waals surface area (Å²) in [6, 6.07) is -0.330. The first-order valence-electron chi connectivity index (χ1n) is 3.75. The highest BCUT2D eigenvalue weighted by atomic mass is 16.5. The van der Waals surface area contributed by atoms with Crippen molar-refractivity contribution < 1.29 is 14.3 Å². The second-order valence-electron chi connectivity index (χ2n) is 2.78. The van der Waals surface area contributed by atoms with E-state index in [1.54, 1.807) is 7.11 Å². The average Bonchev–Trinajstić information content (AvgIpc) is 2.30. The molecule has 1 fully saturated rings. The van der Waals surface area contributed by atoms with Gasteiger partial charge in [0.15, 0.2) is 0 Å². The predicted molar refractivity (Wildman–Crippen MR) is 41.6 cm³/mol. The van der Waals surface area contributed by atoms with Crippen LogP contribution in [0.2, 0.25) is 0 Å². The molecule has 1 aliphatic rings. The van der Waals surface area contributed by atoms with Crippen molar-refractivity contribution >= 4 is 11.9 Å². The SMILES string of the molecule is COC(C)CN1CC(=O)NC1=O. The Morgan fingerprint density at radius 1 is 1.67 bits per heavy atom. The molecule has 5 heteroatoms. The highest BCUT2D eigenvalue weighted by molar-refractivity contribution is 6.01. The van der Waals surface area contributed by atoms with E-state index in [0.717, 1.165) is 0 Å². The lowest BCUT2D eigenvalue weighted by molar-refractivity contribution is -0.118. The summed E-state index contributed by atoms with van der Waals surface area (Å²) < 4.78 is 4.96. The van der Waals surface area contributed by atoms with Gasteiger partial charge >= 0.3 is 6.03 Å². The summed E-state index contributed by atoms with van der Waals surface area (Å²) >= 11 is 0. The van der Waals surface area contributed by atoms with E-state index < -0.39 is 0 Å². The van der Waals surface area contributed by atoms with E-state index in [9.17, 15) is 9.59 Å². The summed E-state index contributed by atoms with van der Waals surface area (Å²) in [4.78, 5) is 23.1. The summed E-state index contributed by atoms with van der Waals surface area (Å²) in [6.45, 7) is 2.44. The van der Waals surface area contributed by atoms with E-state index in [-0.39, 0.29) is 24.6 Å². The fourth-order valence-electron chi connectivity index (χ4n) is 1.02. The van der Waals surface area contributed by atoms with Gasteiger partial charge in [-0.3, -0.25) is 10.1 Å². The monoisotopic (exact) mass is 172 g/mol. The number of urea groups is 1. The Labute approximate surface area is 70.7 Å². The number of hydrogen-bond acceptors (Lipinski definition) is 3. The normalized spacial score (nSPS) is 19.7. The van der Waals surface area contributed by atoms with Crippen molar-refractivity contribution in [3.05, 3.63) is 0 Å². The van der Waals surface area contributed by atoms with Gasteiger partial charge in [0.1, 0.15) is 6.54 Å². The van der Waals surface area contributed by atoms with Gasteiger partial charge in [-0.1, -0.05) is 0 Å². The molecule has 3 amide bonds. The maximum Gasteiger partial charge on any atom is 0.324 e. The van der Waals surface area contributed by atoms with E-state index in [1.165, 1.54) is 4.90 Å². The summed E-state index contributed by atoms with van der Waals surface area (Å²) in [5.41, 5.74) is 0. The van der Waals surface area contributed by atoms with Gasteiger partial charge < -0.3 is 9.64 Å². The van der Waals surface area contributed by atoms with Gasteiger partial charge in [-0.2, -0.15) is 0 Å². The van der Waals surface area contributed by atoms with Gasteiger partial charge in [-0.25, -0.2) is 4.79 Å². The number of nitrogens with one attached hydrogen (secondary N) is 1. The summed E-state index contributed by atoms with van der Waals surface area (Å²) in [6.07, 6.45) is -0.0401. The minimum absolute atomic E-state index is 0.0401. The highest BCUT2D eigenvalue weighted by Crippen LogP contribution is 2.00. The molecular formula is C7H12N2O3. The maximum atomic E-state index is 11.0. The molecule has 1 rings (SSSR count). The Morgan fingerprint density at radius 2 is 2.33 bits per heavy atom. The number of rotatable bonds is 3. The molecule has 0 aromatic rings. The van der Waals surface area contributed by atoms with Crippen molar-refractivity contribution in [1.29, 1.82) is 0 Å². The number of hydrogen-bond donors (Lipinski definition) is 1. The van der Waals surface area contributed by atoms with E-state index in [4.69, 9.17) is 4.74 Å². The third-order valence-corrected chi connectivity index (χ3v) is 1.75. The number of methoxy groups -OCH3 is 1. The minimum atomic E-state index is -0.330. The molecule has 0 radical (unpaired) electrons. The van der Waals surface area contributed by atoms with Crippen molar-refractivity contribution in [2.24, 2.45) is 0 Å². The standard InChI is InChI=1S/C7H12N2O3/c1-5(12-2)3-9-4-6(10)8-7(9)11/h5H,3-4H2,1-2H3,(H,8,10,11). The van der Waals surface area contributed by atoms with Crippen LogP contribution in [0.5, 0.6) is 0 Å². The molecule has 0 bridgehead atoms. The zero-order valence-corrected chi connectivity index (χ0v) is 7.16. The van der Waals surface area contributed by atoms with Crippen molar-refractivity contribution in [3.63, 3.8) is 0 Å². The number of carbonyl (C=O) groups excluding carboxylic acids is 2. The Morgan fingerprint density at radius 3 is 2.75 bits per heavy atom. The molecule has 12 heavy (non-hydrogen) atoms. The molecule has 0 saturated carbocycles. The largest absolute Gasteiger partial charge is 0.380 e. The quantitative estimate of drug-likeness (QED) is 0.588. The van der Waals surface area contributed by atoms with Crippen LogP contribution in [0.1, 0.15) is 6.92 Å². The number of imide groups is 1. The van der Waals surface area contributed by atoms with E-state index in [1.807, 2.05) is 6.92 Å². The van der Waals surface area contributed by atoms with Crippen LogP contribution in [-0.4, -0.2) is 43.1 Å². The van der Waals surface area contributed by atoms with Crippen molar-refractivity contribution in [2.75, 3.05) is 20.2 Å². The molecular weight excluding hydrogens is 160 g/mol. The van der Waals surface area contributed by atoms with Gasteiger partial charge in [0, 0.05) is 13.7 Å². The highest BCUT2D eigenvalue weighted by Gasteiger charge is 2.27. The molecule has 1 atom stereocenters. The number of carbonyl (C=O) groups is 2. The first-order valence-corrected chi connectivity index (χ1v) is 3.75. The molecule has 0 aliphatic carbocycles. The topological polar surface area (TPSA) is 58.6 Å². The van der Waals surface area contributed by atoms with Gasteiger partial charge in [-0.15, -0.1) is 0 Å². The van der Waals surface area contributed by atoms with Crippen LogP contribution in [-0.2, 0) is 9.53 Å². The van der Waals surface area contributed by atoms with Gasteiger partial charge in [0.25, 0.3) is 0 Å². The summed E-state index contributed by atoms with van der Waals surface area (Å²) in [5.74, 6) is -0.247. The zero-order chi connectivity index (χ0) is 9.14. The molecule has 1 aliphatic heterocycles. The van der Waals surface area contributed by atoms with Gasteiger partial charge in [-0.05, 0) is 6.92 Å². The molecule has 1 heterocycles. The van der Waals surface area contributed by atoms with E-state index in [0.29, 0.717) is 6.54 Å². The number of nitrogens with zero attached hydrogens (tertiary/aromatic N) is 1. The zero-order valence-electron chi connectivity index (χ0n) is 7.16. The smallest absolute Gasteiger partial charge is 0.324 e. The number of amides is 3. The van der Waals surface area contributed by atoms with Crippen LogP contribution in [0, 0.1) is 0 Å². The maximum absolute atomic E-state index is 11.0. The van der Waals surface area contributed by atoms with Crippen molar-refractivity contribution in [1.82, 2.24) is 10.2 Å². The molecule has 0 aromatic carbocycles. The van der Waals surface area contributed by atoms with E-state index in [2.05, 4.69) is 5.32 Å². The van der Waals surface area contributed by atoms with Gasteiger partial charge in [0.2, 0.25) is 5.91 Å². The lowest BCUT2D eigenvalue weighted by atomic mass is 10.4. The van der Waals surface area contributed by atoms with Crippen LogP contribution in [0.25, 0.3) is 0 Å². The fourth-order valence-corrected chi connectivity index (χ4v) is 1.02. The molecule has 5 nitrogen and oxygen atoms in total. The first-order chi connectivity index (χ1) is 5.63. The van der Waals surface area contributed by atoms with Crippen LogP contribution >= 0.6 is 0 Å². The second-order valence-corrected chi connectivity index (χ2v) is 2.78. The second kappa shape index (κ2) is 3.53. The first kappa shape index (κ1) is 8.99. The van der Waals surface area contributed by atoms with Crippen LogP contribution in [0.15, 0.2) is 0 Å². The van der Waals surface area contributed by atoms with Crippen molar-refractivity contribution in [3.8, 4) is 0 Å². The van der Waals surface area contributed by atoms with Crippen LogP contribution in [0.4, 0.5) is 4.79 Å². The van der Waals surface area contributed by atoms with Crippen molar-refractivity contribution in [2.45, 2.75) is 13.0 Å². The molecule has 68 valence electrons.